The minimum atomic E-state index is -0.424. The summed E-state index contributed by atoms with van der Waals surface area (Å²) in [5.41, 5.74) is 0.378. The van der Waals surface area contributed by atoms with Gasteiger partial charge in [-0.1, -0.05) is 6.07 Å². The van der Waals surface area contributed by atoms with Crippen LogP contribution in [0.25, 0.3) is 0 Å². The van der Waals surface area contributed by atoms with E-state index in [0.29, 0.717) is 11.5 Å². The molecule has 0 unspecified atom stereocenters. The molecule has 1 aromatic carbocycles. The Bertz CT molecular complexity index is 744. The molecule has 0 fully saturated rings. The number of nitrogens with zero attached hydrogens (tertiary/aromatic N) is 3. The van der Waals surface area contributed by atoms with Crippen molar-refractivity contribution in [1.82, 2.24) is 14.7 Å². The van der Waals surface area contributed by atoms with Crippen molar-refractivity contribution in [3.05, 3.63) is 42.3 Å². The summed E-state index contributed by atoms with van der Waals surface area (Å²) in [4.78, 5) is 25.6. The first-order valence-electron chi connectivity index (χ1n) is 7.92. The van der Waals surface area contributed by atoms with Crippen LogP contribution in [0.4, 0.5) is 15.9 Å². The molecule has 0 saturated heterocycles. The molecule has 0 aliphatic heterocycles. The van der Waals surface area contributed by atoms with Gasteiger partial charge in [0, 0.05) is 17.8 Å². The number of amides is 2. The lowest BCUT2D eigenvalue weighted by Gasteiger charge is -2.17. The third-order valence-electron chi connectivity index (χ3n) is 3.36. The Morgan fingerprint density at radius 3 is 2.52 bits per heavy atom. The van der Waals surface area contributed by atoms with Crippen molar-refractivity contribution < 1.29 is 14.0 Å². The van der Waals surface area contributed by atoms with E-state index in [0.717, 1.165) is 0 Å². The third-order valence-corrected chi connectivity index (χ3v) is 3.36. The maximum Gasteiger partial charge on any atom is 0.239 e. The van der Waals surface area contributed by atoms with Gasteiger partial charge in [-0.2, -0.15) is 5.10 Å². The number of hydrogen-bond acceptors (Lipinski definition) is 4. The zero-order chi connectivity index (χ0) is 18.4. The Labute approximate surface area is 145 Å². The fourth-order valence-electron chi connectivity index (χ4n) is 2.32. The van der Waals surface area contributed by atoms with Crippen molar-refractivity contribution in [2.24, 2.45) is 0 Å². The van der Waals surface area contributed by atoms with Crippen molar-refractivity contribution in [3.8, 4) is 0 Å². The Balaban J connectivity index is 1.82. The van der Waals surface area contributed by atoms with Gasteiger partial charge in [0.15, 0.2) is 0 Å². The van der Waals surface area contributed by atoms with Crippen LogP contribution in [0.3, 0.4) is 0 Å². The fraction of sp³-hybridized carbons (Fsp3) is 0.353. The summed E-state index contributed by atoms with van der Waals surface area (Å²) in [5, 5.41) is 9.51. The standard InChI is InChI=1S/C17H22FN5O2/c1-12(2)23-15(7-8-19-23)21-17(25)11-22(3)10-16(24)20-14-6-4-5-13(18)9-14/h4-9,12H,10-11H2,1-3H3,(H,20,24)(H,21,25). The van der Waals surface area contributed by atoms with Crippen LogP contribution in [0.1, 0.15) is 19.9 Å². The van der Waals surface area contributed by atoms with E-state index in [2.05, 4.69) is 15.7 Å². The lowest BCUT2D eigenvalue weighted by molar-refractivity contribution is -0.119. The summed E-state index contributed by atoms with van der Waals surface area (Å²) in [6, 6.07) is 7.49. The second-order valence-corrected chi connectivity index (χ2v) is 6.03. The van der Waals surface area contributed by atoms with E-state index in [1.165, 1.54) is 18.2 Å². The highest BCUT2D eigenvalue weighted by molar-refractivity contribution is 5.94. The van der Waals surface area contributed by atoms with Crippen LogP contribution in [0.5, 0.6) is 0 Å². The molecule has 2 amide bonds. The van der Waals surface area contributed by atoms with Gasteiger partial charge in [-0.15, -0.1) is 0 Å². The third kappa shape index (κ3) is 5.68. The maximum absolute atomic E-state index is 13.1. The number of carbonyl (C=O) groups excluding carboxylic acids is 2. The Morgan fingerprint density at radius 2 is 1.88 bits per heavy atom. The van der Waals surface area contributed by atoms with Crippen LogP contribution in [0.2, 0.25) is 0 Å². The van der Waals surface area contributed by atoms with Gasteiger partial charge in [-0.3, -0.25) is 14.5 Å². The molecule has 0 aliphatic rings. The molecule has 0 aliphatic carbocycles. The van der Waals surface area contributed by atoms with Gasteiger partial charge in [0.1, 0.15) is 11.6 Å². The topological polar surface area (TPSA) is 79.3 Å². The summed E-state index contributed by atoms with van der Waals surface area (Å²) >= 11 is 0. The van der Waals surface area contributed by atoms with Gasteiger partial charge >= 0.3 is 0 Å². The Hall–Kier alpha value is -2.74. The highest BCUT2D eigenvalue weighted by Crippen LogP contribution is 2.13. The van der Waals surface area contributed by atoms with Gasteiger partial charge in [0.25, 0.3) is 0 Å². The van der Waals surface area contributed by atoms with Gasteiger partial charge < -0.3 is 10.6 Å². The van der Waals surface area contributed by atoms with E-state index < -0.39 is 5.82 Å². The van der Waals surface area contributed by atoms with Gasteiger partial charge in [0.2, 0.25) is 11.8 Å². The van der Waals surface area contributed by atoms with Crippen LogP contribution >= 0.6 is 0 Å². The van der Waals surface area contributed by atoms with Crippen molar-refractivity contribution >= 4 is 23.3 Å². The van der Waals surface area contributed by atoms with E-state index in [1.807, 2.05) is 13.8 Å². The van der Waals surface area contributed by atoms with E-state index in [9.17, 15) is 14.0 Å². The van der Waals surface area contributed by atoms with Crippen molar-refractivity contribution in [2.75, 3.05) is 30.8 Å². The van der Waals surface area contributed by atoms with E-state index >= 15 is 0 Å². The Kier molecular flexibility index (Phi) is 6.24. The molecule has 134 valence electrons. The van der Waals surface area contributed by atoms with Gasteiger partial charge in [0.05, 0.1) is 19.3 Å². The monoisotopic (exact) mass is 347 g/mol. The average molecular weight is 347 g/mol. The number of halogens is 1. The molecular weight excluding hydrogens is 325 g/mol. The summed E-state index contributed by atoms with van der Waals surface area (Å²) in [6.45, 7) is 3.98. The zero-order valence-corrected chi connectivity index (χ0v) is 14.5. The lowest BCUT2D eigenvalue weighted by atomic mass is 10.3. The maximum atomic E-state index is 13.1. The van der Waals surface area contributed by atoms with Crippen molar-refractivity contribution in [2.45, 2.75) is 19.9 Å². The minimum Gasteiger partial charge on any atom is -0.325 e. The molecular formula is C17H22FN5O2. The molecule has 2 N–H and O–H groups in total. The van der Waals surface area contributed by atoms with E-state index in [4.69, 9.17) is 0 Å². The Morgan fingerprint density at radius 1 is 1.20 bits per heavy atom. The summed E-state index contributed by atoms with van der Waals surface area (Å²) in [6.07, 6.45) is 1.62. The normalized spacial score (nSPS) is 11.0. The van der Waals surface area contributed by atoms with Crippen LogP contribution < -0.4 is 10.6 Å². The predicted octanol–water partition coefficient (Wildman–Crippen LogP) is 2.11. The number of carbonyl (C=O) groups is 2. The molecule has 1 heterocycles. The number of hydrogen-bond donors (Lipinski definition) is 2. The van der Waals surface area contributed by atoms with E-state index in [-0.39, 0.29) is 30.9 Å². The molecule has 0 saturated carbocycles. The highest BCUT2D eigenvalue weighted by atomic mass is 19.1. The first kappa shape index (κ1) is 18.6. The molecule has 0 atom stereocenters. The quantitative estimate of drug-likeness (QED) is 0.804. The smallest absolute Gasteiger partial charge is 0.239 e. The molecule has 2 aromatic rings. The lowest BCUT2D eigenvalue weighted by Crippen LogP contribution is -2.36. The van der Waals surface area contributed by atoms with Crippen LogP contribution in [0, 0.1) is 5.82 Å². The molecule has 0 spiro atoms. The number of aromatic nitrogens is 2. The molecule has 25 heavy (non-hydrogen) atoms. The second kappa shape index (κ2) is 8.39. The van der Waals surface area contributed by atoms with Gasteiger partial charge in [-0.05, 0) is 39.1 Å². The fourth-order valence-corrected chi connectivity index (χ4v) is 2.32. The number of anilines is 2. The molecule has 1 aromatic heterocycles. The number of likely N-dealkylation sites (N-methyl/N-ethyl adjacent to an activating group) is 1. The van der Waals surface area contributed by atoms with Crippen molar-refractivity contribution in [1.29, 1.82) is 0 Å². The summed E-state index contributed by atoms with van der Waals surface area (Å²) in [7, 11) is 1.66. The number of rotatable bonds is 7. The minimum absolute atomic E-state index is 0.00732. The number of benzene rings is 1. The summed E-state index contributed by atoms with van der Waals surface area (Å²) < 4.78 is 14.8. The highest BCUT2D eigenvalue weighted by Gasteiger charge is 2.13. The average Bonchev–Trinajstić information content (AvgIpc) is 2.94. The predicted molar refractivity (Wildman–Crippen MR) is 93.8 cm³/mol. The molecule has 0 bridgehead atoms. The van der Waals surface area contributed by atoms with Crippen molar-refractivity contribution in [3.63, 3.8) is 0 Å². The van der Waals surface area contributed by atoms with Crippen LogP contribution in [0.15, 0.2) is 36.5 Å². The molecule has 2 rings (SSSR count). The molecule has 0 radical (unpaired) electrons. The first-order chi connectivity index (χ1) is 11.8. The summed E-state index contributed by atoms with van der Waals surface area (Å²) in [5.74, 6) is -0.388. The largest absolute Gasteiger partial charge is 0.325 e. The van der Waals surface area contributed by atoms with Crippen LogP contribution in [-0.2, 0) is 9.59 Å². The number of nitrogens with one attached hydrogen (secondary N) is 2. The van der Waals surface area contributed by atoms with Crippen LogP contribution in [-0.4, -0.2) is 46.6 Å². The van der Waals surface area contributed by atoms with Gasteiger partial charge in [-0.25, -0.2) is 9.07 Å². The second-order valence-electron chi connectivity index (χ2n) is 6.03. The first-order valence-corrected chi connectivity index (χ1v) is 7.92. The molecule has 8 heteroatoms. The molecule has 7 nitrogen and oxygen atoms in total. The van der Waals surface area contributed by atoms with E-state index in [1.54, 1.807) is 35.0 Å². The zero-order valence-electron chi connectivity index (χ0n) is 14.5. The SMILES string of the molecule is CC(C)n1nccc1NC(=O)CN(C)CC(=O)Nc1cccc(F)c1.